The van der Waals surface area contributed by atoms with Gasteiger partial charge < -0.3 is 9.84 Å². The van der Waals surface area contributed by atoms with Crippen LogP contribution in [0, 0.1) is 0 Å². The Hall–Kier alpha value is -3.15. The molecule has 0 saturated heterocycles. The predicted octanol–water partition coefficient (Wildman–Crippen LogP) is 2.30. The van der Waals surface area contributed by atoms with Crippen LogP contribution in [-0.2, 0) is 4.79 Å². The van der Waals surface area contributed by atoms with Gasteiger partial charge in [-0.15, -0.1) is 0 Å². The Balaban J connectivity index is 1.90. The summed E-state index contributed by atoms with van der Waals surface area (Å²) in [6, 6.07) is 15.5. The first-order chi connectivity index (χ1) is 11.1. The maximum Gasteiger partial charge on any atom is 0.344 e. The number of carboxylic acid groups (broad SMARTS) is 1. The van der Waals surface area contributed by atoms with E-state index in [-0.39, 0.29) is 5.91 Å². The predicted molar refractivity (Wildman–Crippen MR) is 85.7 cm³/mol. The Bertz CT molecular complexity index is 696. The highest BCUT2D eigenvalue weighted by molar-refractivity contribution is 5.94. The number of nitrogens with zero attached hydrogens (tertiary/aromatic N) is 1. The SMILES string of the molecule is CC(Oc1ccc(C=NNC(=O)c2ccccc2)cc1)C(=O)O. The fraction of sp³-hybridized carbons (Fsp3) is 0.118. The zero-order valence-corrected chi connectivity index (χ0v) is 12.5. The molecule has 0 saturated carbocycles. The number of aliphatic carboxylic acids is 1. The Morgan fingerprint density at radius 3 is 2.39 bits per heavy atom. The fourth-order valence-electron chi connectivity index (χ4n) is 1.71. The second-order valence-electron chi connectivity index (χ2n) is 4.73. The molecule has 2 aromatic rings. The highest BCUT2D eigenvalue weighted by atomic mass is 16.5. The highest BCUT2D eigenvalue weighted by Crippen LogP contribution is 2.13. The maximum absolute atomic E-state index is 11.8. The summed E-state index contributed by atoms with van der Waals surface area (Å²) in [7, 11) is 0. The van der Waals surface area contributed by atoms with Crippen LogP contribution in [0.3, 0.4) is 0 Å². The summed E-state index contributed by atoms with van der Waals surface area (Å²) in [6.07, 6.45) is 0.574. The Morgan fingerprint density at radius 1 is 1.13 bits per heavy atom. The van der Waals surface area contributed by atoms with E-state index >= 15 is 0 Å². The molecule has 6 heteroatoms. The molecule has 0 bridgehead atoms. The van der Waals surface area contributed by atoms with Gasteiger partial charge >= 0.3 is 5.97 Å². The van der Waals surface area contributed by atoms with Gasteiger partial charge in [0.2, 0.25) is 0 Å². The number of hydrogen-bond donors (Lipinski definition) is 2. The van der Waals surface area contributed by atoms with E-state index in [0.717, 1.165) is 5.56 Å². The third kappa shape index (κ3) is 4.96. The van der Waals surface area contributed by atoms with E-state index in [1.807, 2.05) is 6.07 Å². The Labute approximate surface area is 133 Å². The van der Waals surface area contributed by atoms with Gasteiger partial charge in [0.25, 0.3) is 5.91 Å². The lowest BCUT2D eigenvalue weighted by atomic mass is 10.2. The fourth-order valence-corrected chi connectivity index (χ4v) is 1.71. The van der Waals surface area contributed by atoms with Crippen molar-refractivity contribution in [3.63, 3.8) is 0 Å². The van der Waals surface area contributed by atoms with Gasteiger partial charge in [0.05, 0.1) is 6.21 Å². The van der Waals surface area contributed by atoms with Gasteiger partial charge in [-0.1, -0.05) is 18.2 Å². The molecule has 2 rings (SSSR count). The molecule has 0 radical (unpaired) electrons. The van der Waals surface area contributed by atoms with Crippen molar-refractivity contribution in [2.75, 3.05) is 0 Å². The van der Waals surface area contributed by atoms with Crippen molar-refractivity contribution in [2.45, 2.75) is 13.0 Å². The van der Waals surface area contributed by atoms with Gasteiger partial charge in [-0.05, 0) is 48.9 Å². The van der Waals surface area contributed by atoms with Gasteiger partial charge in [0.1, 0.15) is 5.75 Å². The number of carbonyl (C=O) groups is 2. The smallest absolute Gasteiger partial charge is 0.344 e. The largest absolute Gasteiger partial charge is 0.479 e. The molecule has 118 valence electrons. The first kappa shape index (κ1) is 16.2. The molecule has 0 aromatic heterocycles. The zero-order valence-electron chi connectivity index (χ0n) is 12.5. The summed E-state index contributed by atoms with van der Waals surface area (Å²) < 4.78 is 5.22. The van der Waals surface area contributed by atoms with E-state index in [1.165, 1.54) is 13.1 Å². The summed E-state index contributed by atoms with van der Waals surface area (Å²) in [5.41, 5.74) is 3.70. The number of amides is 1. The molecule has 0 spiro atoms. The third-order valence-electron chi connectivity index (χ3n) is 2.96. The number of carboxylic acids is 1. The molecule has 6 nitrogen and oxygen atoms in total. The van der Waals surface area contributed by atoms with Gasteiger partial charge in [-0.2, -0.15) is 5.10 Å². The van der Waals surface area contributed by atoms with E-state index in [2.05, 4.69) is 10.5 Å². The minimum atomic E-state index is -1.03. The van der Waals surface area contributed by atoms with Crippen LogP contribution in [-0.4, -0.2) is 29.3 Å². The van der Waals surface area contributed by atoms with Crippen LogP contribution in [0.15, 0.2) is 59.7 Å². The minimum Gasteiger partial charge on any atom is -0.479 e. The van der Waals surface area contributed by atoms with Crippen molar-refractivity contribution in [3.8, 4) is 5.75 Å². The number of hydrogen-bond acceptors (Lipinski definition) is 4. The topological polar surface area (TPSA) is 88.0 Å². The molecule has 0 aliphatic carbocycles. The van der Waals surface area contributed by atoms with Crippen molar-refractivity contribution >= 4 is 18.1 Å². The molecule has 0 heterocycles. The van der Waals surface area contributed by atoms with E-state index in [1.54, 1.807) is 48.5 Å². The molecule has 0 aliphatic heterocycles. The Kier molecular flexibility index (Phi) is 5.46. The van der Waals surface area contributed by atoms with E-state index in [4.69, 9.17) is 9.84 Å². The average Bonchev–Trinajstić information content (AvgIpc) is 2.57. The van der Waals surface area contributed by atoms with Gasteiger partial charge in [0, 0.05) is 5.56 Å². The molecular weight excluding hydrogens is 296 g/mol. The van der Waals surface area contributed by atoms with Crippen molar-refractivity contribution in [3.05, 3.63) is 65.7 Å². The monoisotopic (exact) mass is 312 g/mol. The molecule has 23 heavy (non-hydrogen) atoms. The van der Waals surface area contributed by atoms with Crippen molar-refractivity contribution in [1.29, 1.82) is 0 Å². The van der Waals surface area contributed by atoms with Gasteiger partial charge in [-0.3, -0.25) is 4.79 Å². The minimum absolute atomic E-state index is 0.294. The van der Waals surface area contributed by atoms with E-state index in [0.29, 0.717) is 11.3 Å². The zero-order chi connectivity index (χ0) is 16.7. The normalized spacial score (nSPS) is 11.9. The number of rotatable bonds is 6. The second-order valence-corrected chi connectivity index (χ2v) is 4.73. The molecule has 1 atom stereocenters. The summed E-state index contributed by atoms with van der Waals surface area (Å²) in [4.78, 5) is 22.5. The Morgan fingerprint density at radius 2 is 1.78 bits per heavy atom. The van der Waals surface area contributed by atoms with Gasteiger partial charge in [0.15, 0.2) is 6.10 Å². The summed E-state index contributed by atoms with van der Waals surface area (Å²) in [6.45, 7) is 1.46. The third-order valence-corrected chi connectivity index (χ3v) is 2.96. The lowest BCUT2D eigenvalue weighted by molar-refractivity contribution is -0.144. The highest BCUT2D eigenvalue weighted by Gasteiger charge is 2.11. The van der Waals surface area contributed by atoms with Crippen LogP contribution >= 0.6 is 0 Å². The molecular formula is C17H16N2O4. The molecule has 1 amide bonds. The van der Waals surface area contributed by atoms with Crippen molar-refractivity contribution in [2.24, 2.45) is 5.10 Å². The number of nitrogens with one attached hydrogen (secondary N) is 1. The molecule has 0 fully saturated rings. The number of hydrazone groups is 1. The first-order valence-corrected chi connectivity index (χ1v) is 6.94. The molecule has 2 N–H and O–H groups in total. The molecule has 2 aromatic carbocycles. The van der Waals surface area contributed by atoms with Gasteiger partial charge in [-0.25, -0.2) is 10.2 Å². The van der Waals surface area contributed by atoms with Crippen LogP contribution in [0.25, 0.3) is 0 Å². The average molecular weight is 312 g/mol. The van der Waals surface area contributed by atoms with Crippen LogP contribution in [0.4, 0.5) is 0 Å². The molecule has 0 aliphatic rings. The lowest BCUT2D eigenvalue weighted by Gasteiger charge is -2.09. The summed E-state index contributed by atoms with van der Waals surface area (Å²) in [5.74, 6) is -0.873. The summed E-state index contributed by atoms with van der Waals surface area (Å²) in [5, 5.41) is 12.7. The number of carbonyl (C=O) groups excluding carboxylic acids is 1. The summed E-state index contributed by atoms with van der Waals surface area (Å²) >= 11 is 0. The van der Waals surface area contributed by atoms with Crippen molar-refractivity contribution in [1.82, 2.24) is 5.43 Å². The van der Waals surface area contributed by atoms with Crippen LogP contribution in [0.2, 0.25) is 0 Å². The number of benzene rings is 2. The second kappa shape index (κ2) is 7.74. The van der Waals surface area contributed by atoms with E-state index < -0.39 is 12.1 Å². The molecule has 1 unspecified atom stereocenters. The van der Waals surface area contributed by atoms with Crippen LogP contribution in [0.1, 0.15) is 22.8 Å². The van der Waals surface area contributed by atoms with Crippen LogP contribution < -0.4 is 10.2 Å². The van der Waals surface area contributed by atoms with Crippen molar-refractivity contribution < 1.29 is 19.4 Å². The lowest BCUT2D eigenvalue weighted by Crippen LogP contribution is -2.22. The standard InChI is InChI=1S/C17H16N2O4/c1-12(17(21)22)23-15-9-7-13(8-10-15)11-18-19-16(20)14-5-3-2-4-6-14/h2-12H,1H3,(H,19,20)(H,21,22). The quantitative estimate of drug-likeness (QED) is 0.633. The first-order valence-electron chi connectivity index (χ1n) is 6.94. The van der Waals surface area contributed by atoms with E-state index in [9.17, 15) is 9.59 Å². The van der Waals surface area contributed by atoms with Crippen LogP contribution in [0.5, 0.6) is 5.75 Å². The number of ether oxygens (including phenoxy) is 1. The maximum atomic E-state index is 11.8.